The van der Waals surface area contributed by atoms with Crippen LogP contribution in [0, 0.1) is 11.8 Å². The molecule has 1 saturated heterocycles. The van der Waals surface area contributed by atoms with Crippen molar-refractivity contribution in [3.05, 3.63) is 35.9 Å². The highest BCUT2D eigenvalue weighted by Gasteiger charge is 2.14. The number of carbonyl (C=O) groups is 1. The zero-order chi connectivity index (χ0) is 14.8. The molecule has 1 aliphatic rings. The molecule has 1 fully saturated rings. The van der Waals surface area contributed by atoms with Gasteiger partial charge in [-0.1, -0.05) is 36.3 Å². The highest BCUT2D eigenvalue weighted by Crippen LogP contribution is 2.13. The van der Waals surface area contributed by atoms with Gasteiger partial charge in [0, 0.05) is 13.0 Å². The van der Waals surface area contributed by atoms with Crippen LogP contribution in [0.5, 0.6) is 0 Å². The van der Waals surface area contributed by atoms with Crippen molar-refractivity contribution >= 4 is 5.78 Å². The molecular weight excluding hydrogens is 264 g/mol. The van der Waals surface area contributed by atoms with Gasteiger partial charge in [-0.3, -0.25) is 4.79 Å². The standard InChI is InChI=1S/C18H22O3/c19-17(15-21-18-13-7-8-14-20-18)12-6-2-5-11-16-9-3-1-4-10-16/h1,3-4,9-10,18H,2,5,7-8,11,13-15H2. The summed E-state index contributed by atoms with van der Waals surface area (Å²) in [5, 5.41) is 0. The number of benzene rings is 1. The summed E-state index contributed by atoms with van der Waals surface area (Å²) in [6, 6.07) is 10.3. The van der Waals surface area contributed by atoms with E-state index in [1.807, 2.05) is 18.2 Å². The van der Waals surface area contributed by atoms with E-state index in [1.54, 1.807) is 0 Å². The van der Waals surface area contributed by atoms with Gasteiger partial charge in [0.05, 0.1) is 0 Å². The topological polar surface area (TPSA) is 35.5 Å². The van der Waals surface area contributed by atoms with E-state index < -0.39 is 0 Å². The van der Waals surface area contributed by atoms with Crippen LogP contribution in [0.1, 0.15) is 37.7 Å². The van der Waals surface area contributed by atoms with Crippen LogP contribution in [0.15, 0.2) is 30.3 Å². The Labute approximate surface area is 126 Å². The van der Waals surface area contributed by atoms with Crippen molar-refractivity contribution in [3.8, 4) is 11.8 Å². The van der Waals surface area contributed by atoms with Crippen LogP contribution in [0.2, 0.25) is 0 Å². The first kappa shape index (κ1) is 15.8. The lowest BCUT2D eigenvalue weighted by molar-refractivity contribution is -0.166. The van der Waals surface area contributed by atoms with Gasteiger partial charge in [0.15, 0.2) is 6.29 Å². The number of ketones is 1. The summed E-state index contributed by atoms with van der Waals surface area (Å²) in [6.07, 6.45) is 5.53. The number of unbranched alkanes of at least 4 members (excludes halogenated alkanes) is 1. The molecule has 0 aromatic heterocycles. The Bertz CT molecular complexity index is 478. The van der Waals surface area contributed by atoms with E-state index >= 15 is 0 Å². The fourth-order valence-electron chi connectivity index (χ4n) is 2.23. The van der Waals surface area contributed by atoms with Gasteiger partial charge >= 0.3 is 0 Å². The van der Waals surface area contributed by atoms with Gasteiger partial charge < -0.3 is 9.47 Å². The third-order valence-electron chi connectivity index (χ3n) is 3.38. The van der Waals surface area contributed by atoms with Crippen molar-refractivity contribution in [1.29, 1.82) is 0 Å². The third kappa shape index (κ3) is 6.57. The van der Waals surface area contributed by atoms with Crippen molar-refractivity contribution in [2.24, 2.45) is 0 Å². The predicted molar refractivity (Wildman–Crippen MR) is 81.7 cm³/mol. The van der Waals surface area contributed by atoms with Gasteiger partial charge in [0.25, 0.3) is 0 Å². The number of aryl methyl sites for hydroxylation is 1. The monoisotopic (exact) mass is 286 g/mol. The first-order valence-electron chi connectivity index (χ1n) is 7.63. The average Bonchev–Trinajstić information content (AvgIpc) is 2.54. The molecular formula is C18H22O3. The molecule has 0 N–H and O–H groups in total. The van der Waals surface area contributed by atoms with Gasteiger partial charge in [-0.2, -0.15) is 0 Å². The van der Waals surface area contributed by atoms with Gasteiger partial charge in [-0.15, -0.1) is 0 Å². The lowest BCUT2D eigenvalue weighted by atomic mass is 10.1. The van der Waals surface area contributed by atoms with E-state index in [4.69, 9.17) is 9.47 Å². The number of rotatable bonds is 6. The van der Waals surface area contributed by atoms with Crippen LogP contribution in [0.4, 0.5) is 0 Å². The Kier molecular flexibility index (Phi) is 7.00. The van der Waals surface area contributed by atoms with Crippen LogP contribution in [0.25, 0.3) is 0 Å². The molecule has 0 saturated carbocycles. The second-order valence-corrected chi connectivity index (χ2v) is 5.17. The summed E-state index contributed by atoms with van der Waals surface area (Å²) in [6.45, 7) is 0.764. The van der Waals surface area contributed by atoms with Crippen LogP contribution in [-0.2, 0) is 20.7 Å². The molecule has 0 spiro atoms. The number of Topliss-reactive ketones (excluding diaryl/α,β-unsaturated/α-hetero) is 1. The van der Waals surface area contributed by atoms with Crippen molar-refractivity contribution in [3.63, 3.8) is 0 Å². The molecule has 3 nitrogen and oxygen atoms in total. The van der Waals surface area contributed by atoms with Crippen LogP contribution in [0.3, 0.4) is 0 Å². The fourth-order valence-corrected chi connectivity index (χ4v) is 2.23. The Hall–Kier alpha value is -1.63. The summed E-state index contributed by atoms with van der Waals surface area (Å²) in [5.41, 5.74) is 1.31. The van der Waals surface area contributed by atoms with E-state index in [1.165, 1.54) is 5.56 Å². The molecule has 0 aliphatic carbocycles. The maximum atomic E-state index is 11.6. The summed E-state index contributed by atoms with van der Waals surface area (Å²) in [7, 11) is 0. The first-order chi connectivity index (χ1) is 10.3. The number of hydrogen-bond donors (Lipinski definition) is 0. The fraction of sp³-hybridized carbons (Fsp3) is 0.500. The Morgan fingerprint density at radius 1 is 1.29 bits per heavy atom. The third-order valence-corrected chi connectivity index (χ3v) is 3.38. The molecule has 1 heterocycles. The van der Waals surface area contributed by atoms with E-state index in [0.29, 0.717) is 0 Å². The molecule has 1 unspecified atom stereocenters. The first-order valence-corrected chi connectivity index (χ1v) is 7.63. The SMILES string of the molecule is O=C(C#CCCCc1ccccc1)COC1CCCCO1. The molecule has 1 atom stereocenters. The summed E-state index contributed by atoms with van der Waals surface area (Å²) in [5.74, 6) is 5.40. The Morgan fingerprint density at radius 2 is 2.14 bits per heavy atom. The van der Waals surface area contributed by atoms with Crippen LogP contribution < -0.4 is 0 Å². The molecule has 112 valence electrons. The van der Waals surface area contributed by atoms with Gasteiger partial charge in [0.2, 0.25) is 5.78 Å². The van der Waals surface area contributed by atoms with Crippen molar-refractivity contribution in [1.82, 2.24) is 0 Å². The predicted octanol–water partition coefficient (Wildman–Crippen LogP) is 3.13. The van der Waals surface area contributed by atoms with E-state index in [9.17, 15) is 4.79 Å². The lowest BCUT2D eigenvalue weighted by Crippen LogP contribution is -2.24. The quantitative estimate of drug-likeness (QED) is 0.458. The summed E-state index contributed by atoms with van der Waals surface area (Å²) in [4.78, 5) is 11.6. The number of ether oxygens (including phenoxy) is 2. The molecule has 1 aliphatic heterocycles. The maximum Gasteiger partial charge on any atom is 0.231 e. The molecule has 1 aromatic carbocycles. The molecule has 2 rings (SSSR count). The molecule has 21 heavy (non-hydrogen) atoms. The summed E-state index contributed by atoms with van der Waals surface area (Å²) >= 11 is 0. The molecule has 0 bridgehead atoms. The second-order valence-electron chi connectivity index (χ2n) is 5.17. The zero-order valence-corrected chi connectivity index (χ0v) is 12.3. The van der Waals surface area contributed by atoms with E-state index in [-0.39, 0.29) is 18.7 Å². The van der Waals surface area contributed by atoms with Crippen LogP contribution in [-0.4, -0.2) is 25.3 Å². The van der Waals surface area contributed by atoms with Crippen LogP contribution >= 0.6 is 0 Å². The second kappa shape index (κ2) is 9.33. The smallest absolute Gasteiger partial charge is 0.231 e. The van der Waals surface area contributed by atoms with Gasteiger partial charge in [0.1, 0.15) is 6.61 Å². The highest BCUT2D eigenvalue weighted by molar-refractivity contribution is 5.96. The molecule has 0 amide bonds. The number of carbonyl (C=O) groups excluding carboxylic acids is 1. The van der Waals surface area contributed by atoms with Crippen molar-refractivity contribution in [2.75, 3.05) is 13.2 Å². The van der Waals surface area contributed by atoms with E-state index in [0.717, 1.165) is 45.1 Å². The highest BCUT2D eigenvalue weighted by atomic mass is 16.7. The average molecular weight is 286 g/mol. The minimum atomic E-state index is -0.220. The normalized spacial score (nSPS) is 17.8. The molecule has 1 aromatic rings. The van der Waals surface area contributed by atoms with E-state index in [2.05, 4.69) is 24.0 Å². The lowest BCUT2D eigenvalue weighted by Gasteiger charge is -2.21. The zero-order valence-electron chi connectivity index (χ0n) is 12.3. The van der Waals surface area contributed by atoms with Gasteiger partial charge in [-0.25, -0.2) is 0 Å². The minimum Gasteiger partial charge on any atom is -0.353 e. The Balaban J connectivity index is 1.57. The largest absolute Gasteiger partial charge is 0.353 e. The molecule has 3 heteroatoms. The number of hydrogen-bond acceptors (Lipinski definition) is 3. The maximum absolute atomic E-state index is 11.6. The summed E-state index contributed by atoms with van der Waals surface area (Å²) < 4.78 is 10.8. The van der Waals surface area contributed by atoms with Crippen molar-refractivity contribution in [2.45, 2.75) is 44.8 Å². The minimum absolute atomic E-state index is 0.0380. The Morgan fingerprint density at radius 3 is 2.90 bits per heavy atom. The molecule has 0 radical (unpaired) electrons. The van der Waals surface area contributed by atoms with Gasteiger partial charge in [-0.05, 0) is 43.6 Å². The van der Waals surface area contributed by atoms with Crippen molar-refractivity contribution < 1.29 is 14.3 Å².